The predicted octanol–water partition coefficient (Wildman–Crippen LogP) is 2.29. The lowest BCUT2D eigenvalue weighted by Gasteiger charge is -2.37. The lowest BCUT2D eigenvalue weighted by atomic mass is 9.87. The van der Waals surface area contributed by atoms with Gasteiger partial charge in [0.15, 0.2) is 0 Å². The van der Waals surface area contributed by atoms with Crippen molar-refractivity contribution in [2.45, 2.75) is 44.7 Å². The summed E-state index contributed by atoms with van der Waals surface area (Å²) in [5, 5.41) is 0. The van der Waals surface area contributed by atoms with Crippen LogP contribution in [0.1, 0.15) is 42.5 Å². The van der Waals surface area contributed by atoms with E-state index in [9.17, 15) is 0 Å². The first-order valence-corrected chi connectivity index (χ1v) is 7.95. The van der Waals surface area contributed by atoms with E-state index < -0.39 is 0 Å². The van der Waals surface area contributed by atoms with E-state index in [1.807, 2.05) is 0 Å². The molecule has 1 aromatic rings. The average Bonchev–Trinajstić information content (AvgIpc) is 2.48. The van der Waals surface area contributed by atoms with Crippen LogP contribution in [0.4, 0.5) is 0 Å². The van der Waals surface area contributed by atoms with Gasteiger partial charge in [-0.3, -0.25) is 4.90 Å². The molecular formula is C17H26N2O. The van der Waals surface area contributed by atoms with Crippen molar-refractivity contribution in [2.75, 3.05) is 26.3 Å². The molecule has 0 aromatic heterocycles. The lowest BCUT2D eigenvalue weighted by Crippen LogP contribution is -2.45. The highest BCUT2D eigenvalue weighted by atomic mass is 16.5. The number of rotatable bonds is 3. The molecule has 0 saturated carbocycles. The Hall–Kier alpha value is -0.900. The molecule has 2 atom stereocenters. The van der Waals surface area contributed by atoms with Gasteiger partial charge in [0, 0.05) is 25.2 Å². The fourth-order valence-corrected chi connectivity index (χ4v) is 3.64. The van der Waals surface area contributed by atoms with Crippen LogP contribution in [0.15, 0.2) is 18.2 Å². The summed E-state index contributed by atoms with van der Waals surface area (Å²) in [6.45, 7) is 5.76. The second-order valence-electron chi connectivity index (χ2n) is 6.19. The van der Waals surface area contributed by atoms with Crippen LogP contribution in [0, 0.1) is 0 Å². The molecule has 2 N–H and O–H groups in total. The normalized spacial score (nSPS) is 23.1. The lowest BCUT2D eigenvalue weighted by molar-refractivity contribution is 0.0116. The zero-order chi connectivity index (χ0) is 13.9. The van der Waals surface area contributed by atoms with Crippen molar-refractivity contribution in [3.8, 4) is 0 Å². The van der Waals surface area contributed by atoms with Crippen molar-refractivity contribution in [1.29, 1.82) is 0 Å². The second-order valence-corrected chi connectivity index (χ2v) is 6.19. The molecule has 0 radical (unpaired) electrons. The quantitative estimate of drug-likeness (QED) is 0.919. The molecule has 1 aliphatic heterocycles. The Labute approximate surface area is 122 Å². The van der Waals surface area contributed by atoms with Gasteiger partial charge in [-0.05, 0) is 49.3 Å². The number of benzene rings is 1. The minimum Gasteiger partial charge on any atom is -0.379 e. The average molecular weight is 274 g/mol. The van der Waals surface area contributed by atoms with Crippen molar-refractivity contribution < 1.29 is 4.74 Å². The zero-order valence-electron chi connectivity index (χ0n) is 12.5. The fourth-order valence-electron chi connectivity index (χ4n) is 3.64. The largest absolute Gasteiger partial charge is 0.379 e. The van der Waals surface area contributed by atoms with Crippen LogP contribution >= 0.6 is 0 Å². The van der Waals surface area contributed by atoms with E-state index in [0.717, 1.165) is 26.3 Å². The molecule has 1 aromatic carbocycles. The Morgan fingerprint density at radius 3 is 2.50 bits per heavy atom. The second kappa shape index (κ2) is 6.25. The molecule has 3 rings (SSSR count). The molecule has 1 fully saturated rings. The summed E-state index contributed by atoms with van der Waals surface area (Å²) in [5.74, 6) is 0. The van der Waals surface area contributed by atoms with Crippen LogP contribution < -0.4 is 5.73 Å². The van der Waals surface area contributed by atoms with E-state index in [1.165, 1.54) is 31.2 Å². The van der Waals surface area contributed by atoms with Crippen molar-refractivity contribution in [3.63, 3.8) is 0 Å². The Morgan fingerprint density at radius 2 is 1.80 bits per heavy atom. The minimum atomic E-state index is 0.148. The number of hydrogen-bond donors (Lipinski definition) is 1. The van der Waals surface area contributed by atoms with Crippen molar-refractivity contribution in [2.24, 2.45) is 5.73 Å². The van der Waals surface area contributed by atoms with E-state index in [2.05, 4.69) is 30.0 Å². The van der Waals surface area contributed by atoms with Crippen LogP contribution in [0.25, 0.3) is 0 Å². The van der Waals surface area contributed by atoms with Crippen LogP contribution in [0.3, 0.4) is 0 Å². The first-order valence-electron chi connectivity index (χ1n) is 7.95. The van der Waals surface area contributed by atoms with Gasteiger partial charge in [0.2, 0.25) is 0 Å². The number of hydrogen-bond acceptors (Lipinski definition) is 3. The number of ether oxygens (including phenoxy) is 1. The third-order valence-electron chi connectivity index (χ3n) is 4.65. The van der Waals surface area contributed by atoms with Crippen LogP contribution in [-0.4, -0.2) is 37.2 Å². The third kappa shape index (κ3) is 2.90. The Kier molecular flexibility index (Phi) is 4.39. The summed E-state index contributed by atoms with van der Waals surface area (Å²) < 4.78 is 5.47. The maximum atomic E-state index is 6.29. The molecule has 1 aliphatic carbocycles. The van der Waals surface area contributed by atoms with Gasteiger partial charge >= 0.3 is 0 Å². The van der Waals surface area contributed by atoms with Crippen LogP contribution in [0.5, 0.6) is 0 Å². The number of nitrogens with two attached hydrogens (primary N) is 1. The minimum absolute atomic E-state index is 0.148. The summed E-state index contributed by atoms with van der Waals surface area (Å²) >= 11 is 0. The molecule has 0 spiro atoms. The van der Waals surface area contributed by atoms with E-state index in [1.54, 1.807) is 11.1 Å². The van der Waals surface area contributed by atoms with E-state index in [0.29, 0.717) is 6.04 Å². The van der Waals surface area contributed by atoms with Gasteiger partial charge in [0.05, 0.1) is 13.2 Å². The van der Waals surface area contributed by atoms with E-state index in [4.69, 9.17) is 10.5 Å². The Morgan fingerprint density at radius 1 is 1.10 bits per heavy atom. The van der Waals surface area contributed by atoms with Gasteiger partial charge in [-0.2, -0.15) is 0 Å². The number of aryl methyl sites for hydroxylation is 2. The number of fused-ring (bicyclic) bond motifs is 1. The third-order valence-corrected chi connectivity index (χ3v) is 4.65. The van der Waals surface area contributed by atoms with E-state index in [-0.39, 0.29) is 6.04 Å². The topological polar surface area (TPSA) is 38.5 Å². The van der Waals surface area contributed by atoms with Crippen LogP contribution in [0.2, 0.25) is 0 Å². The summed E-state index contributed by atoms with van der Waals surface area (Å²) in [6.07, 6.45) is 5.15. The SMILES string of the molecule is CC(N)C(c1ccc2c(c1)CCCC2)N1CCOCC1. The molecule has 2 aliphatic rings. The van der Waals surface area contributed by atoms with Gasteiger partial charge in [-0.15, -0.1) is 0 Å². The molecule has 20 heavy (non-hydrogen) atoms. The van der Waals surface area contributed by atoms with Gasteiger partial charge < -0.3 is 10.5 Å². The smallest absolute Gasteiger partial charge is 0.0594 e. The first kappa shape index (κ1) is 14.1. The number of nitrogens with zero attached hydrogens (tertiary/aromatic N) is 1. The van der Waals surface area contributed by atoms with Crippen molar-refractivity contribution in [1.82, 2.24) is 4.90 Å². The summed E-state index contributed by atoms with van der Waals surface area (Å²) in [4.78, 5) is 2.48. The summed E-state index contributed by atoms with van der Waals surface area (Å²) in [5.41, 5.74) is 10.8. The summed E-state index contributed by atoms with van der Waals surface area (Å²) in [6, 6.07) is 7.52. The van der Waals surface area contributed by atoms with E-state index >= 15 is 0 Å². The van der Waals surface area contributed by atoms with Crippen molar-refractivity contribution >= 4 is 0 Å². The molecule has 1 saturated heterocycles. The maximum Gasteiger partial charge on any atom is 0.0594 e. The molecule has 2 unspecified atom stereocenters. The highest BCUT2D eigenvalue weighted by Gasteiger charge is 2.26. The van der Waals surface area contributed by atoms with Gasteiger partial charge in [0.25, 0.3) is 0 Å². The fraction of sp³-hybridized carbons (Fsp3) is 0.647. The van der Waals surface area contributed by atoms with Crippen LogP contribution in [-0.2, 0) is 17.6 Å². The Balaban J connectivity index is 1.86. The van der Waals surface area contributed by atoms with Crippen molar-refractivity contribution in [3.05, 3.63) is 34.9 Å². The molecule has 1 heterocycles. The Bertz CT molecular complexity index is 452. The molecule has 110 valence electrons. The summed E-state index contributed by atoms with van der Waals surface area (Å²) in [7, 11) is 0. The highest BCUT2D eigenvalue weighted by Crippen LogP contribution is 2.29. The molecule has 3 heteroatoms. The number of morpholine rings is 1. The molecule has 0 amide bonds. The highest BCUT2D eigenvalue weighted by molar-refractivity contribution is 5.35. The van der Waals surface area contributed by atoms with Gasteiger partial charge in [-0.1, -0.05) is 18.2 Å². The zero-order valence-corrected chi connectivity index (χ0v) is 12.5. The molecular weight excluding hydrogens is 248 g/mol. The first-order chi connectivity index (χ1) is 9.75. The standard InChI is InChI=1S/C17H26N2O/c1-13(18)17(19-8-10-20-11-9-19)16-7-6-14-4-2-3-5-15(14)12-16/h6-7,12-13,17H,2-5,8-11,18H2,1H3. The van der Waals surface area contributed by atoms with Gasteiger partial charge in [0.1, 0.15) is 0 Å². The predicted molar refractivity (Wildman–Crippen MR) is 81.9 cm³/mol. The maximum absolute atomic E-state index is 6.29. The molecule has 0 bridgehead atoms. The monoisotopic (exact) mass is 274 g/mol. The van der Waals surface area contributed by atoms with Gasteiger partial charge in [-0.25, -0.2) is 0 Å². The molecule has 3 nitrogen and oxygen atoms in total.